The smallest absolute Gasteiger partial charge is 0.119 e. The zero-order valence-corrected chi connectivity index (χ0v) is 10.1. The van der Waals surface area contributed by atoms with E-state index in [0.717, 1.165) is 10.2 Å². The molecule has 0 bridgehead atoms. The van der Waals surface area contributed by atoms with E-state index in [1.165, 1.54) is 0 Å². The number of halogens is 2. The predicted molar refractivity (Wildman–Crippen MR) is 59.4 cm³/mol. The molecule has 0 radical (unpaired) electrons. The monoisotopic (exact) mass is 308 g/mol. The van der Waals surface area contributed by atoms with Gasteiger partial charge in [0.05, 0.1) is 6.10 Å². The minimum absolute atomic E-state index is 0.312. The van der Waals surface area contributed by atoms with Crippen LogP contribution in [0.25, 0.3) is 0 Å². The fourth-order valence-electron chi connectivity index (χ4n) is 0.768. The fourth-order valence-corrected chi connectivity index (χ4v) is 1.22. The molecule has 1 atom stereocenters. The Morgan fingerprint density at radius 1 is 1.31 bits per heavy atom. The van der Waals surface area contributed by atoms with Crippen molar-refractivity contribution in [3.8, 4) is 5.75 Å². The second-order valence-corrected chi connectivity index (χ2v) is 4.14. The van der Waals surface area contributed by atoms with E-state index in [9.17, 15) is 5.11 Å². The Labute approximate surface area is 94.2 Å². The highest BCUT2D eigenvalue weighted by Crippen LogP contribution is 2.16. The van der Waals surface area contributed by atoms with Crippen LogP contribution in [0.15, 0.2) is 28.7 Å². The molecule has 72 valence electrons. The van der Waals surface area contributed by atoms with E-state index < -0.39 is 6.10 Å². The van der Waals surface area contributed by atoms with Crippen molar-refractivity contribution in [2.75, 3.05) is 11.9 Å². The lowest BCUT2D eigenvalue weighted by Crippen LogP contribution is -2.18. The molecular formula is C9H10Br2O2. The summed E-state index contributed by atoms with van der Waals surface area (Å²) in [6.45, 7) is 0.312. The highest BCUT2D eigenvalue weighted by atomic mass is 79.9. The van der Waals surface area contributed by atoms with Gasteiger partial charge in [-0.1, -0.05) is 31.9 Å². The summed E-state index contributed by atoms with van der Waals surface area (Å²) in [5.74, 6) is 0.767. The van der Waals surface area contributed by atoms with Crippen LogP contribution in [-0.2, 0) is 0 Å². The highest BCUT2D eigenvalue weighted by Gasteiger charge is 2.01. The van der Waals surface area contributed by atoms with Crippen molar-refractivity contribution >= 4 is 31.9 Å². The first-order chi connectivity index (χ1) is 6.22. The van der Waals surface area contributed by atoms with Gasteiger partial charge < -0.3 is 9.84 Å². The van der Waals surface area contributed by atoms with Gasteiger partial charge in [0, 0.05) is 9.80 Å². The number of alkyl halides is 1. The molecule has 1 rings (SSSR count). The second-order valence-electron chi connectivity index (χ2n) is 2.57. The number of hydrogen-bond donors (Lipinski definition) is 1. The van der Waals surface area contributed by atoms with E-state index in [-0.39, 0.29) is 0 Å². The molecule has 4 heteroatoms. The number of aliphatic hydroxyl groups excluding tert-OH is 1. The van der Waals surface area contributed by atoms with Gasteiger partial charge in [0.2, 0.25) is 0 Å². The lowest BCUT2D eigenvalue weighted by atomic mass is 10.3. The number of ether oxygens (including phenoxy) is 1. The van der Waals surface area contributed by atoms with Crippen molar-refractivity contribution < 1.29 is 9.84 Å². The molecule has 13 heavy (non-hydrogen) atoms. The number of rotatable bonds is 4. The van der Waals surface area contributed by atoms with Gasteiger partial charge in [0.1, 0.15) is 12.4 Å². The standard InChI is InChI=1S/C9H10Br2O2/c10-5-8(12)6-13-9-3-1-7(11)2-4-9/h1-4,8,12H,5-6H2/t8-/m0/s1. The van der Waals surface area contributed by atoms with Crippen LogP contribution in [0, 0.1) is 0 Å². The number of hydrogen-bond acceptors (Lipinski definition) is 2. The van der Waals surface area contributed by atoms with E-state index >= 15 is 0 Å². The molecule has 0 saturated heterocycles. The largest absolute Gasteiger partial charge is 0.491 e. The predicted octanol–water partition coefficient (Wildman–Crippen LogP) is 2.58. The van der Waals surface area contributed by atoms with E-state index in [4.69, 9.17) is 4.74 Å². The molecule has 2 nitrogen and oxygen atoms in total. The van der Waals surface area contributed by atoms with Gasteiger partial charge in [-0.3, -0.25) is 0 Å². The summed E-state index contributed by atoms with van der Waals surface area (Å²) in [4.78, 5) is 0. The average Bonchev–Trinajstić information content (AvgIpc) is 2.16. The molecule has 0 aromatic heterocycles. The first-order valence-corrected chi connectivity index (χ1v) is 5.76. The van der Waals surface area contributed by atoms with Gasteiger partial charge in [-0.25, -0.2) is 0 Å². The first-order valence-electron chi connectivity index (χ1n) is 3.85. The van der Waals surface area contributed by atoms with Crippen LogP contribution < -0.4 is 4.74 Å². The Hall–Kier alpha value is -0.0600. The summed E-state index contributed by atoms with van der Waals surface area (Å²) in [5, 5.41) is 9.72. The normalized spacial score (nSPS) is 12.5. The SMILES string of the molecule is O[C@@H](CBr)COc1ccc(Br)cc1. The third-order valence-electron chi connectivity index (χ3n) is 1.43. The quantitative estimate of drug-likeness (QED) is 0.866. The maximum atomic E-state index is 9.19. The van der Waals surface area contributed by atoms with Crippen molar-refractivity contribution in [1.82, 2.24) is 0 Å². The van der Waals surface area contributed by atoms with Crippen molar-refractivity contribution in [3.63, 3.8) is 0 Å². The maximum Gasteiger partial charge on any atom is 0.119 e. The van der Waals surface area contributed by atoms with Gasteiger partial charge in [-0.2, -0.15) is 0 Å². The average molecular weight is 310 g/mol. The molecule has 0 aliphatic heterocycles. The molecule has 1 aromatic carbocycles. The molecule has 0 heterocycles. The van der Waals surface area contributed by atoms with Gasteiger partial charge >= 0.3 is 0 Å². The molecule has 0 fully saturated rings. The molecule has 1 N–H and O–H groups in total. The van der Waals surface area contributed by atoms with E-state index in [1.54, 1.807) is 0 Å². The summed E-state index contributed by atoms with van der Waals surface area (Å²) in [7, 11) is 0. The van der Waals surface area contributed by atoms with E-state index in [2.05, 4.69) is 31.9 Å². The minimum Gasteiger partial charge on any atom is -0.491 e. The highest BCUT2D eigenvalue weighted by molar-refractivity contribution is 9.10. The Morgan fingerprint density at radius 2 is 1.92 bits per heavy atom. The summed E-state index contributed by atoms with van der Waals surface area (Å²) < 4.78 is 6.33. The number of aliphatic hydroxyl groups is 1. The maximum absolute atomic E-state index is 9.19. The molecule has 0 spiro atoms. The van der Waals surface area contributed by atoms with Crippen LogP contribution in [0.3, 0.4) is 0 Å². The van der Waals surface area contributed by atoms with Gasteiger partial charge in [-0.05, 0) is 24.3 Å². The lowest BCUT2D eigenvalue weighted by molar-refractivity contribution is 0.127. The molecule has 0 unspecified atom stereocenters. The minimum atomic E-state index is -0.455. The lowest BCUT2D eigenvalue weighted by Gasteiger charge is -2.09. The van der Waals surface area contributed by atoms with Crippen LogP contribution >= 0.6 is 31.9 Å². The van der Waals surface area contributed by atoms with Crippen molar-refractivity contribution in [2.24, 2.45) is 0 Å². The summed E-state index contributed by atoms with van der Waals surface area (Å²) in [5.41, 5.74) is 0. The van der Waals surface area contributed by atoms with Crippen molar-refractivity contribution in [1.29, 1.82) is 0 Å². The summed E-state index contributed by atoms with van der Waals surface area (Å²) >= 11 is 6.49. The fraction of sp³-hybridized carbons (Fsp3) is 0.333. The summed E-state index contributed by atoms with van der Waals surface area (Å²) in [6.07, 6.45) is -0.455. The van der Waals surface area contributed by atoms with Crippen molar-refractivity contribution in [3.05, 3.63) is 28.7 Å². The van der Waals surface area contributed by atoms with Crippen molar-refractivity contribution in [2.45, 2.75) is 6.10 Å². The molecule has 0 saturated carbocycles. The first kappa shape index (κ1) is 11.0. The number of benzene rings is 1. The molecule has 1 aromatic rings. The molecule has 0 aliphatic carbocycles. The van der Waals surface area contributed by atoms with Crippen LogP contribution in [0.2, 0.25) is 0 Å². The zero-order valence-electron chi connectivity index (χ0n) is 6.91. The Balaban J connectivity index is 2.41. The molecular weight excluding hydrogens is 300 g/mol. The third-order valence-corrected chi connectivity index (χ3v) is 2.71. The summed E-state index contributed by atoms with van der Waals surface area (Å²) in [6, 6.07) is 7.50. The Morgan fingerprint density at radius 3 is 2.46 bits per heavy atom. The van der Waals surface area contributed by atoms with Gasteiger partial charge in [0.25, 0.3) is 0 Å². The van der Waals surface area contributed by atoms with E-state index in [1.807, 2.05) is 24.3 Å². The zero-order chi connectivity index (χ0) is 9.68. The third kappa shape index (κ3) is 4.11. The van der Waals surface area contributed by atoms with E-state index in [0.29, 0.717) is 11.9 Å². The van der Waals surface area contributed by atoms with Crippen LogP contribution in [-0.4, -0.2) is 23.1 Å². The Bertz CT molecular complexity index is 248. The van der Waals surface area contributed by atoms with Crippen LogP contribution in [0.4, 0.5) is 0 Å². The van der Waals surface area contributed by atoms with Gasteiger partial charge in [-0.15, -0.1) is 0 Å². The van der Waals surface area contributed by atoms with Crippen LogP contribution in [0.5, 0.6) is 5.75 Å². The Kier molecular flexibility index (Phi) is 4.77. The second kappa shape index (κ2) is 5.62. The topological polar surface area (TPSA) is 29.5 Å². The molecule has 0 amide bonds. The molecule has 0 aliphatic rings. The van der Waals surface area contributed by atoms with Crippen LogP contribution in [0.1, 0.15) is 0 Å². The van der Waals surface area contributed by atoms with Gasteiger partial charge in [0.15, 0.2) is 0 Å².